The van der Waals surface area contributed by atoms with E-state index in [1.165, 1.54) is 18.2 Å². The standard InChI is InChI=1S/C18H17BrClN3O5.CH5N3.H2O/c19-13-6-10(20)5-12(17(13)27)14(7-16(25)26)23-15(24)8-22-18(28)9-2-1-3-11(21)4-9;2-1(3)4;/h1-6,14,27H,7-8,21H2,(H,22,28)(H,23,24)(H,25,26);(H5,2,3,4);1H2. The first-order valence-corrected chi connectivity index (χ1v) is 10.00. The summed E-state index contributed by atoms with van der Waals surface area (Å²) < 4.78 is 0.259. The molecule has 2 rings (SSSR count). The van der Waals surface area contributed by atoms with Crippen molar-refractivity contribution in [1.82, 2.24) is 10.6 Å². The highest BCUT2D eigenvalue weighted by Crippen LogP contribution is 2.36. The molecule has 0 aromatic heterocycles. The van der Waals surface area contributed by atoms with Gasteiger partial charge in [0.2, 0.25) is 5.91 Å². The number of halogens is 2. The molecule has 13 N–H and O–H groups in total. The molecule has 0 aliphatic heterocycles. The fourth-order valence-electron chi connectivity index (χ4n) is 2.45. The number of anilines is 1. The van der Waals surface area contributed by atoms with E-state index in [1.807, 2.05) is 0 Å². The van der Waals surface area contributed by atoms with E-state index in [-0.39, 0.29) is 37.8 Å². The number of hydrogen-bond acceptors (Lipinski definition) is 6. The van der Waals surface area contributed by atoms with Crippen molar-refractivity contribution in [1.29, 1.82) is 5.41 Å². The maximum Gasteiger partial charge on any atom is 0.305 e. The quantitative estimate of drug-likeness (QED) is 0.137. The van der Waals surface area contributed by atoms with E-state index in [1.54, 1.807) is 18.2 Å². The fraction of sp³-hybridized carbons (Fsp3) is 0.158. The minimum atomic E-state index is -1.19. The number of benzene rings is 2. The highest BCUT2D eigenvalue weighted by molar-refractivity contribution is 9.10. The maximum absolute atomic E-state index is 12.2. The summed E-state index contributed by atoms with van der Waals surface area (Å²) in [6, 6.07) is 7.97. The van der Waals surface area contributed by atoms with Gasteiger partial charge in [0.25, 0.3) is 5.91 Å². The van der Waals surface area contributed by atoms with E-state index in [2.05, 4.69) is 38.0 Å². The van der Waals surface area contributed by atoms with Crippen LogP contribution in [0.15, 0.2) is 40.9 Å². The number of carboxylic acid groups (broad SMARTS) is 1. The van der Waals surface area contributed by atoms with E-state index in [9.17, 15) is 19.5 Å². The lowest BCUT2D eigenvalue weighted by Gasteiger charge is -2.20. The summed E-state index contributed by atoms with van der Waals surface area (Å²) in [5.41, 5.74) is 15.4. The zero-order valence-corrected chi connectivity index (χ0v) is 19.4. The lowest BCUT2D eigenvalue weighted by Crippen LogP contribution is -2.39. The molecule has 0 aliphatic carbocycles. The van der Waals surface area contributed by atoms with E-state index in [4.69, 9.17) is 27.9 Å². The molecule has 0 aliphatic rings. The number of nitrogens with two attached hydrogens (primary N) is 3. The lowest BCUT2D eigenvalue weighted by atomic mass is 10.0. The Morgan fingerprint density at radius 1 is 1.18 bits per heavy atom. The monoisotopic (exact) mass is 546 g/mol. The van der Waals surface area contributed by atoms with Gasteiger partial charge in [0.1, 0.15) is 5.75 Å². The van der Waals surface area contributed by atoms with Crippen LogP contribution in [-0.2, 0) is 9.59 Å². The zero-order chi connectivity index (χ0) is 24.4. The van der Waals surface area contributed by atoms with Crippen LogP contribution in [0.4, 0.5) is 5.69 Å². The van der Waals surface area contributed by atoms with Crippen LogP contribution in [0.1, 0.15) is 28.4 Å². The Hall–Kier alpha value is -3.55. The molecule has 180 valence electrons. The van der Waals surface area contributed by atoms with Crippen molar-refractivity contribution >= 4 is 57.0 Å². The summed E-state index contributed by atoms with van der Waals surface area (Å²) in [5.74, 6) is -2.91. The van der Waals surface area contributed by atoms with Gasteiger partial charge < -0.3 is 43.5 Å². The van der Waals surface area contributed by atoms with Crippen molar-refractivity contribution in [2.45, 2.75) is 12.5 Å². The van der Waals surface area contributed by atoms with Gasteiger partial charge in [-0.3, -0.25) is 19.8 Å². The van der Waals surface area contributed by atoms with E-state index in [0.717, 1.165) is 0 Å². The third-order valence-electron chi connectivity index (χ3n) is 3.71. The van der Waals surface area contributed by atoms with Crippen molar-refractivity contribution < 1.29 is 30.1 Å². The lowest BCUT2D eigenvalue weighted by molar-refractivity contribution is -0.137. The molecule has 0 heterocycles. The first kappa shape index (κ1) is 29.5. The number of guanidine groups is 1. The summed E-state index contributed by atoms with van der Waals surface area (Å²) >= 11 is 9.07. The number of aliphatic carboxylic acids is 1. The average molecular weight is 548 g/mol. The fourth-order valence-corrected chi connectivity index (χ4v) is 3.29. The topological polar surface area (TPSA) is 249 Å². The Morgan fingerprint density at radius 2 is 1.79 bits per heavy atom. The number of phenols is 1. The minimum absolute atomic E-state index is 0. The van der Waals surface area contributed by atoms with Crippen molar-refractivity contribution in [2.24, 2.45) is 11.5 Å². The summed E-state index contributed by atoms with van der Waals surface area (Å²) in [4.78, 5) is 35.5. The molecule has 1 atom stereocenters. The van der Waals surface area contributed by atoms with Gasteiger partial charge in [-0.25, -0.2) is 0 Å². The van der Waals surface area contributed by atoms with Crippen LogP contribution in [0.5, 0.6) is 5.75 Å². The number of carbonyl (C=O) groups is 3. The Morgan fingerprint density at radius 3 is 2.33 bits per heavy atom. The number of amides is 2. The zero-order valence-electron chi connectivity index (χ0n) is 17.1. The van der Waals surface area contributed by atoms with Crippen LogP contribution >= 0.6 is 27.5 Å². The molecule has 33 heavy (non-hydrogen) atoms. The second kappa shape index (κ2) is 13.8. The van der Waals surface area contributed by atoms with E-state index in [0.29, 0.717) is 5.69 Å². The SMILES string of the molecule is N=C(N)N.Nc1cccc(C(=O)NCC(=O)NC(CC(=O)O)c2cc(Cl)cc(Br)c2O)c1.O. The van der Waals surface area contributed by atoms with Crippen molar-refractivity contribution in [3.63, 3.8) is 0 Å². The molecule has 2 aromatic rings. The maximum atomic E-state index is 12.2. The predicted molar refractivity (Wildman–Crippen MR) is 127 cm³/mol. The number of nitrogens with one attached hydrogen (secondary N) is 3. The summed E-state index contributed by atoms with van der Waals surface area (Å²) in [6.07, 6.45) is -0.491. The van der Waals surface area contributed by atoms with E-state index < -0.39 is 36.8 Å². The summed E-state index contributed by atoms with van der Waals surface area (Å²) in [5, 5.41) is 30.5. The smallest absolute Gasteiger partial charge is 0.305 e. The van der Waals surface area contributed by atoms with Crippen LogP contribution in [0, 0.1) is 5.41 Å². The molecule has 0 spiro atoms. The number of aromatic hydroxyl groups is 1. The number of rotatable bonds is 7. The molecular formula is C19H24BrClN6O6. The number of hydrogen-bond donors (Lipinski definition) is 8. The largest absolute Gasteiger partial charge is 0.506 e. The van der Waals surface area contributed by atoms with Gasteiger partial charge >= 0.3 is 5.97 Å². The second-order valence-electron chi connectivity index (χ2n) is 6.31. The van der Waals surface area contributed by atoms with Crippen molar-refractivity contribution in [3.05, 3.63) is 57.0 Å². The molecule has 0 bridgehead atoms. The Bertz CT molecular complexity index is 1020. The third kappa shape index (κ3) is 10.5. The van der Waals surface area contributed by atoms with Gasteiger partial charge in [-0.15, -0.1) is 0 Å². The van der Waals surface area contributed by atoms with Crippen LogP contribution in [-0.4, -0.2) is 46.0 Å². The molecule has 0 saturated heterocycles. The van der Waals surface area contributed by atoms with Gasteiger partial charge in [-0.1, -0.05) is 17.7 Å². The Labute approximate surface area is 202 Å². The molecule has 2 aromatic carbocycles. The van der Waals surface area contributed by atoms with Crippen molar-refractivity contribution in [3.8, 4) is 5.75 Å². The van der Waals surface area contributed by atoms with Crippen LogP contribution < -0.4 is 27.8 Å². The van der Waals surface area contributed by atoms with Gasteiger partial charge in [-0.2, -0.15) is 0 Å². The van der Waals surface area contributed by atoms with Crippen LogP contribution in [0.2, 0.25) is 5.02 Å². The third-order valence-corrected chi connectivity index (χ3v) is 4.53. The summed E-state index contributed by atoms with van der Waals surface area (Å²) in [7, 11) is 0. The number of carboxylic acids is 1. The van der Waals surface area contributed by atoms with Gasteiger partial charge in [0, 0.05) is 21.8 Å². The molecule has 12 nitrogen and oxygen atoms in total. The first-order valence-electron chi connectivity index (χ1n) is 8.83. The molecule has 14 heteroatoms. The van der Waals surface area contributed by atoms with Gasteiger partial charge in [0.15, 0.2) is 5.96 Å². The van der Waals surface area contributed by atoms with Crippen molar-refractivity contribution in [2.75, 3.05) is 12.3 Å². The molecule has 0 fully saturated rings. The van der Waals surface area contributed by atoms with Crippen LogP contribution in [0.25, 0.3) is 0 Å². The number of phenolic OH excluding ortho intramolecular Hbond substituents is 1. The Kier molecular flexibility index (Phi) is 12.3. The Balaban J connectivity index is 0.00000189. The van der Waals surface area contributed by atoms with Gasteiger partial charge in [0.05, 0.1) is 23.5 Å². The number of nitrogen functional groups attached to an aromatic ring is 1. The minimum Gasteiger partial charge on any atom is -0.506 e. The molecule has 0 radical (unpaired) electrons. The van der Waals surface area contributed by atoms with E-state index >= 15 is 0 Å². The molecular weight excluding hydrogens is 524 g/mol. The predicted octanol–water partition coefficient (Wildman–Crippen LogP) is 0.466. The highest BCUT2D eigenvalue weighted by atomic mass is 79.9. The number of carbonyl (C=O) groups excluding carboxylic acids is 2. The highest BCUT2D eigenvalue weighted by Gasteiger charge is 2.23. The van der Waals surface area contributed by atoms with Gasteiger partial charge in [-0.05, 0) is 46.3 Å². The molecule has 1 unspecified atom stereocenters. The normalized spacial score (nSPS) is 10.5. The van der Waals surface area contributed by atoms with Crippen LogP contribution in [0.3, 0.4) is 0 Å². The summed E-state index contributed by atoms with van der Waals surface area (Å²) in [6.45, 7) is -0.397. The average Bonchev–Trinajstić information content (AvgIpc) is 2.67. The first-order chi connectivity index (χ1) is 14.9. The second-order valence-corrected chi connectivity index (χ2v) is 7.60. The molecule has 2 amide bonds. The molecule has 0 saturated carbocycles.